The Morgan fingerprint density at radius 3 is 2.84 bits per heavy atom. The van der Waals surface area contributed by atoms with Crippen molar-refractivity contribution in [1.82, 2.24) is 14.8 Å². The summed E-state index contributed by atoms with van der Waals surface area (Å²) in [6, 6.07) is 9.75. The maximum Gasteiger partial charge on any atom is 0.249 e. The molecule has 1 N–H and O–H groups in total. The average molecular weight is 253 g/mol. The molecule has 0 radical (unpaired) electrons. The molecule has 0 aliphatic rings. The molecule has 0 saturated carbocycles. The Morgan fingerprint density at radius 1 is 1.42 bits per heavy atom. The van der Waals surface area contributed by atoms with Gasteiger partial charge in [0.1, 0.15) is 0 Å². The van der Waals surface area contributed by atoms with Crippen molar-refractivity contribution in [3.8, 4) is 0 Å². The number of aliphatic imine (C=N–C) groups is 1. The Bertz CT molecular complexity index is 633. The lowest BCUT2D eigenvalue weighted by Crippen LogP contribution is -1.94. The Labute approximate surface area is 112 Å². The average Bonchev–Trinajstić information content (AvgIpc) is 2.71. The van der Waals surface area contributed by atoms with Crippen molar-refractivity contribution in [2.24, 2.45) is 12.0 Å². The number of benzene rings is 1. The summed E-state index contributed by atoms with van der Waals surface area (Å²) in [5.41, 5.74) is 4.39. The zero-order valence-corrected chi connectivity index (χ0v) is 11.0. The molecular weight excluding hydrogens is 238 g/mol. The van der Waals surface area contributed by atoms with Gasteiger partial charge < -0.3 is 5.32 Å². The van der Waals surface area contributed by atoms with Crippen LogP contribution < -0.4 is 5.32 Å². The fourth-order valence-electron chi connectivity index (χ4n) is 1.51. The maximum absolute atomic E-state index is 4.32. The second-order valence-electron chi connectivity index (χ2n) is 3.95. The second-order valence-corrected chi connectivity index (χ2v) is 3.95. The van der Waals surface area contributed by atoms with E-state index in [9.17, 15) is 0 Å². The number of anilines is 2. The van der Waals surface area contributed by atoms with Crippen LogP contribution in [0.1, 0.15) is 6.92 Å². The summed E-state index contributed by atoms with van der Waals surface area (Å²) in [4.78, 5) is 8.63. The van der Waals surface area contributed by atoms with Gasteiger partial charge in [-0.15, -0.1) is 10.8 Å². The number of hydrogen-bond acceptors (Lipinski definition) is 4. The van der Waals surface area contributed by atoms with Crippen LogP contribution in [-0.4, -0.2) is 20.5 Å². The molecule has 0 amide bonds. The molecule has 0 aliphatic carbocycles. The first-order valence-corrected chi connectivity index (χ1v) is 5.83. The highest BCUT2D eigenvalue weighted by atomic mass is 15.4. The van der Waals surface area contributed by atoms with Crippen LogP contribution in [0.15, 0.2) is 53.7 Å². The highest BCUT2D eigenvalue weighted by molar-refractivity contribution is 5.93. The summed E-state index contributed by atoms with van der Waals surface area (Å²) in [5, 5.41) is 7.38. The lowest BCUT2D eigenvalue weighted by atomic mass is 10.3. The van der Waals surface area contributed by atoms with Gasteiger partial charge in [-0.3, -0.25) is 0 Å². The molecule has 0 spiro atoms. The smallest absolute Gasteiger partial charge is 0.249 e. The Balaban J connectivity index is 2.22. The molecule has 96 valence electrons. The van der Waals surface area contributed by atoms with Gasteiger partial charge in [0.2, 0.25) is 11.9 Å². The molecule has 0 atom stereocenters. The number of rotatable bonds is 4. The number of aryl methyl sites for hydroxylation is 1. The van der Waals surface area contributed by atoms with Crippen LogP contribution >= 0.6 is 0 Å². The zero-order valence-electron chi connectivity index (χ0n) is 11.0. The SMILES string of the molecule is C=C=C/C(C)=N\c1nc(Nc2ccccc2)nn1C. The fourth-order valence-corrected chi connectivity index (χ4v) is 1.51. The third-order valence-corrected chi connectivity index (χ3v) is 2.36. The van der Waals surface area contributed by atoms with E-state index in [1.165, 1.54) is 0 Å². The van der Waals surface area contributed by atoms with Crippen molar-refractivity contribution >= 4 is 23.3 Å². The van der Waals surface area contributed by atoms with E-state index in [-0.39, 0.29) is 0 Å². The number of allylic oxidation sites excluding steroid dienone is 1. The van der Waals surface area contributed by atoms with Crippen LogP contribution in [0.3, 0.4) is 0 Å². The predicted octanol–water partition coefficient (Wildman–Crippen LogP) is 2.99. The number of para-hydroxylation sites is 1. The molecule has 1 heterocycles. The lowest BCUT2D eigenvalue weighted by molar-refractivity contribution is 0.771. The van der Waals surface area contributed by atoms with Crippen molar-refractivity contribution in [3.05, 3.63) is 48.7 Å². The van der Waals surface area contributed by atoms with Crippen molar-refractivity contribution in [3.63, 3.8) is 0 Å². The van der Waals surface area contributed by atoms with Gasteiger partial charge in [0.05, 0.1) is 0 Å². The van der Waals surface area contributed by atoms with Gasteiger partial charge in [0.15, 0.2) is 0 Å². The quantitative estimate of drug-likeness (QED) is 0.673. The van der Waals surface area contributed by atoms with Crippen molar-refractivity contribution in [1.29, 1.82) is 0 Å². The Morgan fingerprint density at radius 2 is 2.16 bits per heavy atom. The van der Waals surface area contributed by atoms with E-state index < -0.39 is 0 Å². The molecule has 19 heavy (non-hydrogen) atoms. The van der Waals surface area contributed by atoms with Crippen LogP contribution in [0.5, 0.6) is 0 Å². The predicted molar refractivity (Wildman–Crippen MR) is 77.2 cm³/mol. The highest BCUT2D eigenvalue weighted by Gasteiger charge is 2.06. The van der Waals surface area contributed by atoms with Gasteiger partial charge in [0, 0.05) is 24.5 Å². The minimum Gasteiger partial charge on any atom is -0.323 e. The summed E-state index contributed by atoms with van der Waals surface area (Å²) in [7, 11) is 1.80. The molecule has 0 unspecified atom stereocenters. The van der Waals surface area contributed by atoms with E-state index in [0.29, 0.717) is 11.9 Å². The molecule has 5 nitrogen and oxygen atoms in total. The van der Waals surface area contributed by atoms with Gasteiger partial charge in [-0.25, -0.2) is 9.67 Å². The molecule has 0 fully saturated rings. The largest absolute Gasteiger partial charge is 0.323 e. The van der Waals surface area contributed by atoms with Gasteiger partial charge in [-0.2, -0.15) is 4.98 Å². The molecule has 0 aliphatic heterocycles. The van der Waals surface area contributed by atoms with Crippen LogP contribution in [-0.2, 0) is 7.05 Å². The minimum absolute atomic E-state index is 0.517. The topological polar surface area (TPSA) is 55.1 Å². The summed E-state index contributed by atoms with van der Waals surface area (Å²) in [6.45, 7) is 5.37. The molecule has 1 aromatic carbocycles. The fraction of sp³-hybridized carbons (Fsp3) is 0.143. The van der Waals surface area contributed by atoms with Crippen molar-refractivity contribution in [2.45, 2.75) is 6.92 Å². The van der Waals surface area contributed by atoms with E-state index in [1.54, 1.807) is 17.8 Å². The third-order valence-electron chi connectivity index (χ3n) is 2.36. The molecule has 2 rings (SSSR count). The number of hydrogen-bond donors (Lipinski definition) is 1. The van der Waals surface area contributed by atoms with Gasteiger partial charge >= 0.3 is 0 Å². The van der Waals surface area contributed by atoms with Crippen LogP contribution in [0.2, 0.25) is 0 Å². The molecule has 5 heteroatoms. The zero-order chi connectivity index (χ0) is 13.7. The maximum atomic E-state index is 4.32. The normalized spacial score (nSPS) is 10.9. The van der Waals surface area contributed by atoms with E-state index in [4.69, 9.17) is 0 Å². The molecule has 0 saturated heterocycles. The molecular formula is C14H15N5. The monoisotopic (exact) mass is 253 g/mol. The number of nitrogens with zero attached hydrogens (tertiary/aromatic N) is 4. The molecule has 0 bridgehead atoms. The van der Waals surface area contributed by atoms with Gasteiger partial charge in [0.25, 0.3) is 0 Å². The van der Waals surface area contributed by atoms with E-state index in [2.05, 4.69) is 32.7 Å². The first-order valence-electron chi connectivity index (χ1n) is 5.83. The third kappa shape index (κ3) is 3.40. The Kier molecular flexibility index (Phi) is 3.90. The van der Waals surface area contributed by atoms with Gasteiger partial charge in [-0.05, 0) is 19.1 Å². The van der Waals surface area contributed by atoms with Gasteiger partial charge in [-0.1, -0.05) is 24.8 Å². The van der Waals surface area contributed by atoms with Crippen LogP contribution in [0, 0.1) is 0 Å². The van der Waals surface area contributed by atoms with E-state index in [1.807, 2.05) is 37.3 Å². The number of nitrogens with one attached hydrogen (secondary N) is 1. The van der Waals surface area contributed by atoms with Crippen molar-refractivity contribution in [2.75, 3.05) is 5.32 Å². The van der Waals surface area contributed by atoms with Crippen LogP contribution in [0.25, 0.3) is 0 Å². The summed E-state index contributed by atoms with van der Waals surface area (Å²) < 4.78 is 1.62. The summed E-state index contributed by atoms with van der Waals surface area (Å²) in [5.74, 6) is 1.05. The van der Waals surface area contributed by atoms with Crippen molar-refractivity contribution < 1.29 is 0 Å². The summed E-state index contributed by atoms with van der Waals surface area (Å²) >= 11 is 0. The molecule has 1 aromatic heterocycles. The molecule has 2 aromatic rings. The van der Waals surface area contributed by atoms with Crippen LogP contribution in [0.4, 0.5) is 17.6 Å². The minimum atomic E-state index is 0.517. The highest BCUT2D eigenvalue weighted by Crippen LogP contribution is 2.16. The standard InChI is InChI=1S/C14H15N5/c1-4-8-11(2)15-14-17-13(18-19(14)3)16-12-9-6-5-7-10-12/h5-10H,1H2,2-3H3,(H,16,18)/b15-11-. The van der Waals surface area contributed by atoms with E-state index >= 15 is 0 Å². The van der Waals surface area contributed by atoms with E-state index in [0.717, 1.165) is 11.4 Å². The second kappa shape index (κ2) is 5.80. The summed E-state index contributed by atoms with van der Waals surface area (Å²) in [6.07, 6.45) is 1.69. The first kappa shape index (κ1) is 12.8. The number of aromatic nitrogens is 3. The lowest BCUT2D eigenvalue weighted by Gasteiger charge is -1.98. The first-order chi connectivity index (χ1) is 9.19. The Hall–Kier alpha value is -2.65.